The predicted octanol–water partition coefficient (Wildman–Crippen LogP) is 1.84. The van der Waals surface area contributed by atoms with E-state index in [0.717, 1.165) is 30.8 Å². The molecule has 1 saturated heterocycles. The highest BCUT2D eigenvalue weighted by molar-refractivity contribution is 7.88. The molecule has 2 rings (SSSR count). The van der Waals surface area contributed by atoms with Gasteiger partial charge in [-0.1, -0.05) is 12.1 Å². The van der Waals surface area contributed by atoms with Crippen molar-refractivity contribution in [3.8, 4) is 0 Å². The highest BCUT2D eigenvalue weighted by atomic mass is 32.2. The van der Waals surface area contributed by atoms with Gasteiger partial charge in [0.05, 0.1) is 17.6 Å². The molecule has 21 heavy (non-hydrogen) atoms. The zero-order valence-corrected chi connectivity index (χ0v) is 13.9. The highest BCUT2D eigenvalue weighted by Crippen LogP contribution is 2.25. The van der Waals surface area contributed by atoms with Crippen LogP contribution >= 0.6 is 0 Å². The third-order valence-corrected chi connectivity index (χ3v) is 5.19. The van der Waals surface area contributed by atoms with Crippen molar-refractivity contribution in [1.29, 1.82) is 0 Å². The van der Waals surface area contributed by atoms with Crippen molar-refractivity contribution in [3.63, 3.8) is 0 Å². The average Bonchev–Trinajstić information content (AvgIpc) is 2.45. The van der Waals surface area contributed by atoms with E-state index in [1.165, 1.54) is 6.26 Å². The van der Waals surface area contributed by atoms with E-state index in [9.17, 15) is 8.42 Å². The lowest BCUT2D eigenvalue weighted by Crippen LogP contribution is -2.41. The number of anilines is 2. The van der Waals surface area contributed by atoms with Gasteiger partial charge in [-0.25, -0.2) is 12.7 Å². The lowest BCUT2D eigenvalue weighted by Gasteiger charge is -2.31. The van der Waals surface area contributed by atoms with Gasteiger partial charge in [0.1, 0.15) is 0 Å². The molecule has 0 aromatic heterocycles. The van der Waals surface area contributed by atoms with Crippen LogP contribution in [-0.4, -0.2) is 52.7 Å². The van der Waals surface area contributed by atoms with Crippen molar-refractivity contribution >= 4 is 21.4 Å². The summed E-state index contributed by atoms with van der Waals surface area (Å²) in [5, 5.41) is 3.47. The monoisotopic (exact) mass is 311 g/mol. The maximum Gasteiger partial charge on any atom is 0.211 e. The van der Waals surface area contributed by atoms with Gasteiger partial charge in [-0.3, -0.25) is 0 Å². The molecule has 1 aromatic rings. The number of hydrogen-bond acceptors (Lipinski definition) is 4. The zero-order chi connectivity index (χ0) is 15.5. The summed E-state index contributed by atoms with van der Waals surface area (Å²) in [6.07, 6.45) is 3.31. The van der Waals surface area contributed by atoms with Crippen molar-refractivity contribution in [2.45, 2.75) is 12.8 Å². The van der Waals surface area contributed by atoms with Crippen molar-refractivity contribution in [3.05, 3.63) is 24.3 Å². The van der Waals surface area contributed by atoms with Crippen LogP contribution in [-0.2, 0) is 10.0 Å². The molecule has 1 aliphatic rings. The number of hydrogen-bond donors (Lipinski definition) is 1. The van der Waals surface area contributed by atoms with Gasteiger partial charge in [-0.05, 0) is 30.9 Å². The van der Waals surface area contributed by atoms with E-state index in [0.29, 0.717) is 19.0 Å². The van der Waals surface area contributed by atoms with E-state index in [2.05, 4.69) is 22.3 Å². The molecule has 1 aromatic carbocycles. The Morgan fingerprint density at radius 3 is 2.71 bits per heavy atom. The van der Waals surface area contributed by atoms with Crippen LogP contribution in [0.2, 0.25) is 0 Å². The van der Waals surface area contributed by atoms with E-state index >= 15 is 0 Å². The molecule has 5 nitrogen and oxygen atoms in total. The van der Waals surface area contributed by atoms with E-state index < -0.39 is 10.0 Å². The summed E-state index contributed by atoms with van der Waals surface area (Å²) in [6.45, 7) is 2.08. The molecule has 1 N–H and O–H groups in total. The van der Waals surface area contributed by atoms with Gasteiger partial charge >= 0.3 is 0 Å². The molecule has 1 unspecified atom stereocenters. The fourth-order valence-electron chi connectivity index (χ4n) is 2.76. The molecule has 0 aliphatic carbocycles. The van der Waals surface area contributed by atoms with Gasteiger partial charge in [-0.15, -0.1) is 0 Å². The molecule has 1 heterocycles. The zero-order valence-electron chi connectivity index (χ0n) is 13.0. The molecule has 6 heteroatoms. The lowest BCUT2D eigenvalue weighted by molar-refractivity contribution is 0.277. The molecule has 0 amide bonds. The average molecular weight is 311 g/mol. The van der Waals surface area contributed by atoms with Crippen LogP contribution in [0, 0.1) is 5.92 Å². The van der Waals surface area contributed by atoms with Crippen LogP contribution in [0.3, 0.4) is 0 Å². The number of piperidine rings is 1. The van der Waals surface area contributed by atoms with E-state index in [1.807, 2.05) is 26.2 Å². The van der Waals surface area contributed by atoms with Crippen LogP contribution in [0.1, 0.15) is 12.8 Å². The van der Waals surface area contributed by atoms with Gasteiger partial charge < -0.3 is 10.2 Å². The Labute approximate surface area is 128 Å². The molecular weight excluding hydrogens is 286 g/mol. The maximum atomic E-state index is 11.6. The number of nitrogens with one attached hydrogen (secondary N) is 1. The molecule has 1 fully saturated rings. The first-order valence-corrected chi connectivity index (χ1v) is 9.18. The number of rotatable bonds is 5. The Balaban J connectivity index is 1.97. The third kappa shape index (κ3) is 4.35. The Hall–Kier alpha value is -1.27. The molecule has 1 atom stereocenters. The molecule has 0 saturated carbocycles. The van der Waals surface area contributed by atoms with Crippen LogP contribution in [0.25, 0.3) is 0 Å². The van der Waals surface area contributed by atoms with Crippen molar-refractivity contribution in [1.82, 2.24) is 4.31 Å². The first-order valence-electron chi connectivity index (χ1n) is 7.33. The standard InChI is InChI=1S/C15H25N3O2S/c1-17(2)15-9-5-4-8-14(15)16-11-13-7-6-10-18(12-13)21(3,19)20/h4-5,8-9,13,16H,6-7,10-12H2,1-3H3. The fourth-order valence-corrected chi connectivity index (χ4v) is 3.70. The highest BCUT2D eigenvalue weighted by Gasteiger charge is 2.25. The summed E-state index contributed by atoms with van der Waals surface area (Å²) in [5.74, 6) is 0.365. The van der Waals surface area contributed by atoms with Gasteiger partial charge in [0.25, 0.3) is 0 Å². The van der Waals surface area contributed by atoms with Crippen LogP contribution in [0.15, 0.2) is 24.3 Å². The number of benzene rings is 1. The van der Waals surface area contributed by atoms with Crippen LogP contribution in [0.4, 0.5) is 11.4 Å². The molecule has 0 bridgehead atoms. The Kier molecular flexibility index (Phi) is 5.11. The molecule has 0 radical (unpaired) electrons. The lowest BCUT2D eigenvalue weighted by atomic mass is 9.99. The second-order valence-corrected chi connectivity index (χ2v) is 7.90. The molecule has 0 spiro atoms. The van der Waals surface area contributed by atoms with Gasteiger partial charge in [-0.2, -0.15) is 0 Å². The quantitative estimate of drug-likeness (QED) is 0.901. The van der Waals surface area contributed by atoms with Gasteiger partial charge in [0.2, 0.25) is 10.0 Å². The minimum Gasteiger partial charge on any atom is -0.383 e. The first kappa shape index (κ1) is 16.1. The summed E-state index contributed by atoms with van der Waals surface area (Å²) in [6, 6.07) is 8.17. The number of para-hydroxylation sites is 2. The second-order valence-electron chi connectivity index (χ2n) is 5.92. The third-order valence-electron chi connectivity index (χ3n) is 3.92. The topological polar surface area (TPSA) is 52.6 Å². The van der Waals surface area contributed by atoms with E-state index in [4.69, 9.17) is 0 Å². The smallest absolute Gasteiger partial charge is 0.211 e. The SMILES string of the molecule is CN(C)c1ccccc1NCC1CCCN(S(C)(=O)=O)C1. The number of sulfonamides is 1. The van der Waals surface area contributed by atoms with Gasteiger partial charge in [0, 0.05) is 33.7 Å². The minimum atomic E-state index is -3.07. The second kappa shape index (κ2) is 6.66. The van der Waals surface area contributed by atoms with E-state index in [1.54, 1.807) is 4.31 Å². The summed E-state index contributed by atoms with van der Waals surface area (Å²) in [4.78, 5) is 2.08. The Morgan fingerprint density at radius 1 is 1.33 bits per heavy atom. The predicted molar refractivity (Wildman–Crippen MR) is 88.4 cm³/mol. The summed E-state index contributed by atoms with van der Waals surface area (Å²) in [7, 11) is 0.975. The fraction of sp³-hybridized carbons (Fsp3) is 0.600. The van der Waals surface area contributed by atoms with Crippen LogP contribution < -0.4 is 10.2 Å². The Morgan fingerprint density at radius 2 is 2.05 bits per heavy atom. The minimum absolute atomic E-state index is 0.365. The summed E-state index contributed by atoms with van der Waals surface area (Å²) < 4.78 is 24.9. The van der Waals surface area contributed by atoms with Crippen molar-refractivity contribution in [2.24, 2.45) is 5.92 Å². The maximum absolute atomic E-state index is 11.6. The largest absolute Gasteiger partial charge is 0.383 e. The number of nitrogens with zero attached hydrogens (tertiary/aromatic N) is 2. The first-order chi connectivity index (χ1) is 9.88. The van der Waals surface area contributed by atoms with Crippen LogP contribution in [0.5, 0.6) is 0 Å². The van der Waals surface area contributed by atoms with Gasteiger partial charge in [0.15, 0.2) is 0 Å². The van der Waals surface area contributed by atoms with Crippen molar-refractivity contribution in [2.75, 3.05) is 50.2 Å². The molecule has 1 aliphatic heterocycles. The van der Waals surface area contributed by atoms with E-state index in [-0.39, 0.29) is 0 Å². The summed E-state index contributed by atoms with van der Waals surface area (Å²) >= 11 is 0. The van der Waals surface area contributed by atoms with Crippen molar-refractivity contribution < 1.29 is 8.42 Å². The summed E-state index contributed by atoms with van der Waals surface area (Å²) in [5.41, 5.74) is 2.24. The molecule has 118 valence electrons. The normalized spacial score (nSPS) is 20.2. The molecular formula is C15H25N3O2S. The Bertz CT molecular complexity index is 572.